The summed E-state index contributed by atoms with van der Waals surface area (Å²) in [5, 5.41) is 9.27. The summed E-state index contributed by atoms with van der Waals surface area (Å²) in [7, 11) is 0. The molecular formula is C17H18N2O2. The van der Waals surface area contributed by atoms with E-state index in [1.807, 2.05) is 24.4 Å². The van der Waals surface area contributed by atoms with Gasteiger partial charge in [0.25, 0.3) is 0 Å². The van der Waals surface area contributed by atoms with Crippen LogP contribution in [0, 0.1) is 0 Å². The largest absolute Gasteiger partial charge is 0.478 e. The van der Waals surface area contributed by atoms with Crippen LogP contribution in [0.3, 0.4) is 0 Å². The summed E-state index contributed by atoms with van der Waals surface area (Å²) in [5.74, 6) is -0.833. The van der Waals surface area contributed by atoms with Crippen molar-refractivity contribution in [3.8, 4) is 0 Å². The Labute approximate surface area is 124 Å². The number of carbonyl (C=O) groups is 1. The summed E-state index contributed by atoms with van der Waals surface area (Å²) in [6.07, 6.45) is 4.46. The van der Waals surface area contributed by atoms with Gasteiger partial charge in [0, 0.05) is 31.5 Å². The third-order valence-electron chi connectivity index (χ3n) is 4.24. The van der Waals surface area contributed by atoms with Crippen LogP contribution in [-0.4, -0.2) is 27.5 Å². The highest BCUT2D eigenvalue weighted by atomic mass is 16.4. The van der Waals surface area contributed by atoms with Crippen molar-refractivity contribution in [3.05, 3.63) is 65.0 Å². The Bertz CT molecular complexity index is 655. The Kier molecular flexibility index (Phi) is 3.71. The average molecular weight is 282 g/mol. The lowest BCUT2D eigenvalue weighted by Gasteiger charge is -2.34. The summed E-state index contributed by atoms with van der Waals surface area (Å²) >= 11 is 0. The molecule has 0 bridgehead atoms. The number of aromatic carboxylic acids is 1. The number of carboxylic acids is 1. The molecule has 0 saturated heterocycles. The molecule has 1 aliphatic heterocycles. The molecular weight excluding hydrogens is 264 g/mol. The van der Waals surface area contributed by atoms with Crippen molar-refractivity contribution in [3.63, 3.8) is 0 Å². The van der Waals surface area contributed by atoms with E-state index in [4.69, 9.17) is 0 Å². The molecule has 4 heteroatoms. The summed E-state index contributed by atoms with van der Waals surface area (Å²) in [6.45, 7) is 3.82. The Balaban J connectivity index is 1.85. The highest BCUT2D eigenvalue weighted by Gasteiger charge is 2.24. The Hall–Kier alpha value is -2.20. The third kappa shape index (κ3) is 2.67. The Morgan fingerprint density at radius 2 is 2.19 bits per heavy atom. The molecule has 2 aromatic rings. The number of hydrogen-bond acceptors (Lipinski definition) is 3. The predicted octanol–water partition coefficient (Wildman–Crippen LogP) is 2.90. The molecule has 1 aromatic heterocycles. The standard InChI is InChI=1S/C17H18N2O2/c1-12(13-5-3-8-18-10-13)19-9-7-15-14(11-19)4-2-6-16(15)17(20)21/h2-6,8,10,12H,7,9,11H2,1H3,(H,20,21). The van der Waals surface area contributed by atoms with Gasteiger partial charge in [-0.25, -0.2) is 4.79 Å². The summed E-state index contributed by atoms with van der Waals surface area (Å²) in [6, 6.07) is 9.87. The van der Waals surface area contributed by atoms with E-state index in [1.54, 1.807) is 12.3 Å². The zero-order valence-corrected chi connectivity index (χ0v) is 12.0. The molecule has 1 N–H and O–H groups in total. The number of carboxylic acid groups (broad SMARTS) is 1. The fraction of sp³-hybridized carbons (Fsp3) is 0.294. The van der Waals surface area contributed by atoms with Crippen molar-refractivity contribution in [2.75, 3.05) is 6.54 Å². The molecule has 0 amide bonds. The number of rotatable bonds is 3. The number of benzene rings is 1. The van der Waals surface area contributed by atoms with Crippen LogP contribution in [0.25, 0.3) is 0 Å². The van der Waals surface area contributed by atoms with Crippen LogP contribution in [0.4, 0.5) is 0 Å². The molecule has 0 fully saturated rings. The average Bonchev–Trinajstić information content (AvgIpc) is 2.53. The monoisotopic (exact) mass is 282 g/mol. The molecule has 1 unspecified atom stereocenters. The fourth-order valence-corrected chi connectivity index (χ4v) is 3.00. The first-order valence-electron chi connectivity index (χ1n) is 7.15. The van der Waals surface area contributed by atoms with E-state index >= 15 is 0 Å². The molecule has 108 valence electrons. The van der Waals surface area contributed by atoms with Crippen LogP contribution in [-0.2, 0) is 13.0 Å². The van der Waals surface area contributed by atoms with Crippen LogP contribution < -0.4 is 0 Å². The molecule has 0 saturated carbocycles. The Morgan fingerprint density at radius 3 is 2.90 bits per heavy atom. The maximum Gasteiger partial charge on any atom is 0.335 e. The quantitative estimate of drug-likeness (QED) is 0.940. The lowest BCUT2D eigenvalue weighted by molar-refractivity contribution is 0.0694. The minimum Gasteiger partial charge on any atom is -0.478 e. The first-order valence-corrected chi connectivity index (χ1v) is 7.15. The second-order valence-corrected chi connectivity index (χ2v) is 5.43. The smallest absolute Gasteiger partial charge is 0.335 e. The van der Waals surface area contributed by atoms with Crippen molar-refractivity contribution >= 4 is 5.97 Å². The lowest BCUT2D eigenvalue weighted by atomic mass is 9.93. The van der Waals surface area contributed by atoms with E-state index in [9.17, 15) is 9.90 Å². The summed E-state index contributed by atoms with van der Waals surface area (Å²) in [4.78, 5) is 17.8. The molecule has 1 aliphatic rings. The minimum atomic E-state index is -0.833. The van der Waals surface area contributed by atoms with Gasteiger partial charge in [0.05, 0.1) is 5.56 Å². The molecule has 3 rings (SSSR count). The van der Waals surface area contributed by atoms with Crippen molar-refractivity contribution in [1.29, 1.82) is 0 Å². The van der Waals surface area contributed by atoms with E-state index in [-0.39, 0.29) is 6.04 Å². The van der Waals surface area contributed by atoms with Gasteiger partial charge in [-0.1, -0.05) is 18.2 Å². The maximum atomic E-state index is 11.3. The van der Waals surface area contributed by atoms with Gasteiger partial charge in [-0.15, -0.1) is 0 Å². The number of hydrogen-bond donors (Lipinski definition) is 1. The van der Waals surface area contributed by atoms with Gasteiger partial charge < -0.3 is 5.11 Å². The molecule has 0 spiro atoms. The van der Waals surface area contributed by atoms with Crippen molar-refractivity contribution in [1.82, 2.24) is 9.88 Å². The maximum absolute atomic E-state index is 11.3. The van der Waals surface area contributed by atoms with Crippen LogP contribution in [0.2, 0.25) is 0 Å². The normalized spacial score (nSPS) is 16.2. The number of aromatic nitrogens is 1. The lowest BCUT2D eigenvalue weighted by Crippen LogP contribution is -2.33. The Morgan fingerprint density at radius 1 is 1.33 bits per heavy atom. The molecule has 4 nitrogen and oxygen atoms in total. The van der Waals surface area contributed by atoms with Gasteiger partial charge in [-0.05, 0) is 42.2 Å². The van der Waals surface area contributed by atoms with E-state index in [0.717, 1.165) is 30.6 Å². The van der Waals surface area contributed by atoms with Crippen LogP contribution >= 0.6 is 0 Å². The molecule has 2 heterocycles. The van der Waals surface area contributed by atoms with Crippen molar-refractivity contribution < 1.29 is 9.90 Å². The fourth-order valence-electron chi connectivity index (χ4n) is 3.00. The van der Waals surface area contributed by atoms with Gasteiger partial charge in [0.15, 0.2) is 0 Å². The van der Waals surface area contributed by atoms with Crippen LogP contribution in [0.1, 0.15) is 40.0 Å². The van der Waals surface area contributed by atoms with E-state index < -0.39 is 5.97 Å². The number of nitrogens with zero attached hydrogens (tertiary/aromatic N) is 2. The molecule has 0 radical (unpaired) electrons. The van der Waals surface area contributed by atoms with Gasteiger partial charge in [-0.2, -0.15) is 0 Å². The predicted molar refractivity (Wildman–Crippen MR) is 80.2 cm³/mol. The van der Waals surface area contributed by atoms with Crippen molar-refractivity contribution in [2.24, 2.45) is 0 Å². The van der Waals surface area contributed by atoms with E-state index in [0.29, 0.717) is 5.56 Å². The highest BCUT2D eigenvalue weighted by molar-refractivity contribution is 5.89. The second kappa shape index (κ2) is 5.66. The van der Waals surface area contributed by atoms with Crippen LogP contribution in [0.5, 0.6) is 0 Å². The third-order valence-corrected chi connectivity index (χ3v) is 4.24. The molecule has 0 aliphatic carbocycles. The van der Waals surface area contributed by atoms with Crippen molar-refractivity contribution in [2.45, 2.75) is 25.9 Å². The van der Waals surface area contributed by atoms with Gasteiger partial charge in [-0.3, -0.25) is 9.88 Å². The van der Waals surface area contributed by atoms with Gasteiger partial charge in [0.1, 0.15) is 0 Å². The second-order valence-electron chi connectivity index (χ2n) is 5.43. The summed E-state index contributed by atoms with van der Waals surface area (Å²) in [5.41, 5.74) is 3.74. The zero-order chi connectivity index (χ0) is 14.8. The molecule has 1 aromatic carbocycles. The summed E-state index contributed by atoms with van der Waals surface area (Å²) < 4.78 is 0. The minimum absolute atomic E-state index is 0.278. The topological polar surface area (TPSA) is 53.4 Å². The first-order chi connectivity index (χ1) is 10.2. The number of fused-ring (bicyclic) bond motifs is 1. The van der Waals surface area contributed by atoms with E-state index in [2.05, 4.69) is 22.9 Å². The molecule has 1 atom stereocenters. The molecule has 21 heavy (non-hydrogen) atoms. The SMILES string of the molecule is CC(c1cccnc1)N1CCc2c(cccc2C(=O)O)C1. The van der Waals surface area contributed by atoms with Gasteiger partial charge in [0.2, 0.25) is 0 Å². The highest BCUT2D eigenvalue weighted by Crippen LogP contribution is 2.28. The zero-order valence-electron chi connectivity index (χ0n) is 12.0. The van der Waals surface area contributed by atoms with Gasteiger partial charge >= 0.3 is 5.97 Å². The van der Waals surface area contributed by atoms with Crippen LogP contribution in [0.15, 0.2) is 42.7 Å². The van der Waals surface area contributed by atoms with E-state index in [1.165, 1.54) is 5.56 Å². The number of pyridine rings is 1. The first kappa shape index (κ1) is 13.8.